The third kappa shape index (κ3) is 3.39. The Labute approximate surface area is 89.2 Å². The first-order valence-electron chi connectivity index (χ1n) is 3.87. The Hall–Kier alpha value is -1.89. The van der Waals surface area contributed by atoms with Crippen molar-refractivity contribution in [1.82, 2.24) is 4.98 Å². The minimum atomic E-state index is -1.14. The van der Waals surface area contributed by atoms with Crippen molar-refractivity contribution in [3.63, 3.8) is 0 Å². The van der Waals surface area contributed by atoms with Crippen LogP contribution in [0.4, 0.5) is 9.93 Å². The summed E-state index contributed by atoms with van der Waals surface area (Å²) >= 11 is 1.01. The van der Waals surface area contributed by atoms with Crippen molar-refractivity contribution in [3.05, 3.63) is 23.7 Å². The highest BCUT2D eigenvalue weighted by molar-refractivity contribution is 7.14. The van der Waals surface area contributed by atoms with E-state index in [1.165, 1.54) is 11.5 Å². The van der Waals surface area contributed by atoms with Gasteiger partial charge in [0.05, 0.1) is 0 Å². The fourth-order valence-corrected chi connectivity index (χ4v) is 1.36. The number of thiazole rings is 1. The van der Waals surface area contributed by atoms with Crippen molar-refractivity contribution < 1.29 is 19.4 Å². The number of carbonyl (C=O) groups is 2. The smallest absolute Gasteiger partial charge is 0.413 e. The highest BCUT2D eigenvalue weighted by Gasteiger charge is 2.10. The van der Waals surface area contributed by atoms with Crippen LogP contribution >= 0.6 is 11.3 Å². The minimum Gasteiger partial charge on any atom is -0.476 e. The topological polar surface area (TPSA) is 88.5 Å². The first-order chi connectivity index (χ1) is 7.13. The molecule has 80 valence electrons. The first kappa shape index (κ1) is 11.2. The predicted molar refractivity (Wildman–Crippen MR) is 54.2 cm³/mol. The van der Waals surface area contributed by atoms with Crippen molar-refractivity contribution in [2.24, 2.45) is 0 Å². The number of amides is 1. The molecule has 15 heavy (non-hydrogen) atoms. The third-order valence-corrected chi connectivity index (χ3v) is 2.02. The zero-order valence-electron chi connectivity index (χ0n) is 7.60. The molecule has 0 fully saturated rings. The fourth-order valence-electron chi connectivity index (χ4n) is 0.687. The van der Waals surface area contributed by atoms with Gasteiger partial charge in [-0.15, -0.1) is 11.3 Å². The molecule has 6 nitrogen and oxygen atoms in total. The highest BCUT2D eigenvalue weighted by atomic mass is 32.1. The van der Waals surface area contributed by atoms with Gasteiger partial charge in [-0.3, -0.25) is 5.32 Å². The molecule has 0 spiro atoms. The van der Waals surface area contributed by atoms with E-state index >= 15 is 0 Å². The third-order valence-electron chi connectivity index (χ3n) is 1.26. The van der Waals surface area contributed by atoms with Crippen LogP contribution in [0.5, 0.6) is 0 Å². The second-order valence-electron chi connectivity index (χ2n) is 2.36. The van der Waals surface area contributed by atoms with Crippen molar-refractivity contribution in [1.29, 1.82) is 0 Å². The number of aromatic nitrogens is 1. The number of hydrogen-bond donors (Lipinski definition) is 2. The van der Waals surface area contributed by atoms with Crippen LogP contribution in [0.3, 0.4) is 0 Å². The maximum absolute atomic E-state index is 11.0. The van der Waals surface area contributed by atoms with Gasteiger partial charge in [0, 0.05) is 5.38 Å². The van der Waals surface area contributed by atoms with Gasteiger partial charge in [0.25, 0.3) is 0 Å². The monoisotopic (exact) mass is 228 g/mol. The van der Waals surface area contributed by atoms with Crippen LogP contribution in [0.25, 0.3) is 0 Å². The number of nitrogens with one attached hydrogen (secondary N) is 1. The van der Waals surface area contributed by atoms with Crippen LogP contribution in [0.15, 0.2) is 18.0 Å². The van der Waals surface area contributed by atoms with E-state index in [0.717, 1.165) is 11.3 Å². The zero-order valence-corrected chi connectivity index (χ0v) is 8.41. The van der Waals surface area contributed by atoms with E-state index in [4.69, 9.17) is 5.11 Å². The number of ether oxygens (including phenoxy) is 1. The molecule has 1 heterocycles. The maximum Gasteiger partial charge on any atom is 0.413 e. The molecule has 0 radical (unpaired) electrons. The average molecular weight is 228 g/mol. The maximum atomic E-state index is 11.0. The summed E-state index contributed by atoms with van der Waals surface area (Å²) in [5.41, 5.74) is -0.112. The number of anilines is 1. The molecule has 0 aromatic carbocycles. The largest absolute Gasteiger partial charge is 0.476 e. The van der Waals surface area contributed by atoms with Crippen LogP contribution in [-0.2, 0) is 4.74 Å². The molecule has 0 aliphatic carbocycles. The molecular formula is C8H8N2O4S. The number of hydrogen-bond acceptors (Lipinski definition) is 5. The Morgan fingerprint density at radius 3 is 3.00 bits per heavy atom. The predicted octanol–water partition coefficient (Wildman–Crippen LogP) is 1.58. The number of carboxylic acid groups (broad SMARTS) is 1. The fraction of sp³-hybridized carbons (Fsp3) is 0.125. The van der Waals surface area contributed by atoms with E-state index in [-0.39, 0.29) is 17.4 Å². The van der Waals surface area contributed by atoms with E-state index < -0.39 is 12.1 Å². The molecule has 1 aromatic heterocycles. The van der Waals surface area contributed by atoms with E-state index in [1.807, 2.05) is 0 Å². The highest BCUT2D eigenvalue weighted by Crippen LogP contribution is 2.15. The quantitative estimate of drug-likeness (QED) is 0.763. The average Bonchev–Trinajstić information content (AvgIpc) is 2.63. The summed E-state index contributed by atoms with van der Waals surface area (Å²) in [5, 5.41) is 12.4. The normalized spacial score (nSPS) is 9.33. The summed E-state index contributed by atoms with van der Waals surface area (Å²) in [6.07, 6.45) is 0.727. The lowest BCUT2D eigenvalue weighted by atomic mass is 10.5. The summed E-state index contributed by atoms with van der Waals surface area (Å²) in [6.45, 7) is 3.46. The van der Waals surface area contributed by atoms with Crippen molar-refractivity contribution in [2.45, 2.75) is 0 Å². The van der Waals surface area contributed by atoms with E-state index in [9.17, 15) is 9.59 Å². The Balaban J connectivity index is 2.53. The Kier molecular flexibility index (Phi) is 3.81. The summed E-state index contributed by atoms with van der Waals surface area (Å²) < 4.78 is 4.62. The van der Waals surface area contributed by atoms with Gasteiger partial charge in [0.2, 0.25) is 0 Å². The summed E-state index contributed by atoms with van der Waals surface area (Å²) in [5.74, 6) is -1.14. The number of carbonyl (C=O) groups excluding carboxylic acids is 1. The van der Waals surface area contributed by atoms with Gasteiger partial charge in [-0.25, -0.2) is 14.6 Å². The summed E-state index contributed by atoms with van der Waals surface area (Å²) in [4.78, 5) is 25.1. The molecule has 0 unspecified atom stereocenters. The summed E-state index contributed by atoms with van der Waals surface area (Å²) in [7, 11) is 0. The van der Waals surface area contributed by atoms with Gasteiger partial charge in [-0.1, -0.05) is 12.7 Å². The van der Waals surface area contributed by atoms with Crippen LogP contribution in [0.2, 0.25) is 0 Å². The van der Waals surface area contributed by atoms with Gasteiger partial charge in [-0.2, -0.15) is 0 Å². The molecule has 0 saturated carbocycles. The molecule has 1 rings (SSSR count). The van der Waals surface area contributed by atoms with Crippen molar-refractivity contribution in [3.8, 4) is 0 Å². The van der Waals surface area contributed by atoms with Crippen molar-refractivity contribution >= 4 is 28.5 Å². The first-order valence-corrected chi connectivity index (χ1v) is 4.75. The van der Waals surface area contributed by atoms with Crippen LogP contribution in [-0.4, -0.2) is 28.8 Å². The second-order valence-corrected chi connectivity index (χ2v) is 3.21. The van der Waals surface area contributed by atoms with E-state index in [2.05, 4.69) is 21.6 Å². The standard InChI is InChI=1S/C8H8N2O4S/c1-2-3-14-8(13)10-7-9-5(4-15-7)6(11)12/h2,4H,1,3H2,(H,11,12)(H,9,10,13). The molecule has 0 bridgehead atoms. The Bertz CT molecular complexity index is 388. The molecule has 0 aliphatic heterocycles. The number of aromatic carboxylic acids is 1. The molecule has 7 heteroatoms. The van der Waals surface area contributed by atoms with Gasteiger partial charge in [0.1, 0.15) is 6.61 Å². The number of carboxylic acids is 1. The van der Waals surface area contributed by atoms with Crippen LogP contribution in [0.1, 0.15) is 10.5 Å². The molecule has 0 aliphatic rings. The molecule has 1 amide bonds. The van der Waals surface area contributed by atoms with Crippen molar-refractivity contribution in [2.75, 3.05) is 11.9 Å². The molecule has 2 N–H and O–H groups in total. The molecular weight excluding hydrogens is 220 g/mol. The van der Waals surface area contributed by atoms with Gasteiger partial charge >= 0.3 is 12.1 Å². The SMILES string of the molecule is C=CCOC(=O)Nc1nc(C(=O)O)cs1. The van der Waals surface area contributed by atoms with E-state index in [1.54, 1.807) is 0 Å². The lowest BCUT2D eigenvalue weighted by Crippen LogP contribution is -2.13. The lowest BCUT2D eigenvalue weighted by molar-refractivity contribution is 0.0691. The van der Waals surface area contributed by atoms with Gasteiger partial charge < -0.3 is 9.84 Å². The van der Waals surface area contributed by atoms with Crippen LogP contribution < -0.4 is 5.32 Å². The number of nitrogens with zero attached hydrogens (tertiary/aromatic N) is 1. The minimum absolute atomic E-state index is 0.0863. The second kappa shape index (κ2) is 5.11. The lowest BCUT2D eigenvalue weighted by Gasteiger charge is -2.00. The van der Waals surface area contributed by atoms with Gasteiger partial charge in [-0.05, 0) is 0 Å². The van der Waals surface area contributed by atoms with Crippen LogP contribution in [0, 0.1) is 0 Å². The molecule has 1 aromatic rings. The van der Waals surface area contributed by atoms with Gasteiger partial charge in [0.15, 0.2) is 10.8 Å². The zero-order chi connectivity index (χ0) is 11.3. The van der Waals surface area contributed by atoms with E-state index in [0.29, 0.717) is 0 Å². The molecule has 0 saturated heterocycles. The molecule has 0 atom stereocenters. The Morgan fingerprint density at radius 1 is 1.73 bits per heavy atom. The summed E-state index contributed by atoms with van der Waals surface area (Å²) in [6, 6.07) is 0. The Morgan fingerprint density at radius 2 is 2.47 bits per heavy atom. The number of rotatable bonds is 4.